The second-order valence-corrected chi connectivity index (χ2v) is 6.18. The van der Waals surface area contributed by atoms with Gasteiger partial charge in [0.05, 0.1) is 0 Å². The number of nitrogens with zero attached hydrogens (tertiary/aromatic N) is 1. The molecule has 1 spiro atoms. The van der Waals surface area contributed by atoms with Gasteiger partial charge in [0.1, 0.15) is 0 Å². The second kappa shape index (κ2) is 3.58. The van der Waals surface area contributed by atoms with Crippen LogP contribution >= 0.6 is 0 Å². The lowest BCUT2D eigenvalue weighted by Gasteiger charge is -2.38. The summed E-state index contributed by atoms with van der Waals surface area (Å²) in [4.78, 5) is 2.42. The van der Waals surface area contributed by atoms with Gasteiger partial charge in [0, 0.05) is 21.0 Å². The molecule has 17 heavy (non-hydrogen) atoms. The molecule has 1 heteroatoms. The van der Waals surface area contributed by atoms with E-state index in [2.05, 4.69) is 35.2 Å². The summed E-state index contributed by atoms with van der Waals surface area (Å²) < 4.78 is 8.58. The molecule has 2 aliphatic carbocycles. The van der Waals surface area contributed by atoms with Gasteiger partial charge in [0.2, 0.25) is 0 Å². The van der Waals surface area contributed by atoms with E-state index in [0.717, 1.165) is 12.5 Å². The van der Waals surface area contributed by atoms with Crippen molar-refractivity contribution in [3.8, 4) is 0 Å². The van der Waals surface area contributed by atoms with E-state index in [4.69, 9.17) is 1.37 Å². The van der Waals surface area contributed by atoms with Gasteiger partial charge >= 0.3 is 0 Å². The lowest BCUT2D eigenvalue weighted by Crippen LogP contribution is -2.42. The molecule has 3 atom stereocenters. The number of piperidine rings is 1. The highest BCUT2D eigenvalue weighted by Crippen LogP contribution is 2.66. The molecule has 3 aliphatic rings. The van der Waals surface area contributed by atoms with Crippen LogP contribution in [-0.4, -0.2) is 18.0 Å². The van der Waals surface area contributed by atoms with Crippen LogP contribution in [0.4, 0.5) is 0 Å². The fraction of sp³-hybridized carbons (Fsp3) is 0.625. The Morgan fingerprint density at radius 3 is 2.71 bits per heavy atom. The van der Waals surface area contributed by atoms with Gasteiger partial charge in [0.25, 0.3) is 0 Å². The average Bonchev–Trinajstić information content (AvgIpc) is 3.10. The SMILES string of the molecule is [2H]C1[C@@H]2CC[C@H](CN1Cc1ccccc1)C21CC1. The van der Waals surface area contributed by atoms with Crippen molar-refractivity contribution >= 4 is 0 Å². The molecule has 2 bridgehead atoms. The van der Waals surface area contributed by atoms with Crippen molar-refractivity contribution in [1.29, 1.82) is 0 Å². The van der Waals surface area contributed by atoms with E-state index in [1.165, 1.54) is 37.8 Å². The average molecular weight is 228 g/mol. The molecule has 0 N–H and O–H groups in total. The number of hydrogen-bond donors (Lipinski definition) is 0. The summed E-state index contributed by atoms with van der Waals surface area (Å²) >= 11 is 0. The lowest BCUT2D eigenvalue weighted by molar-refractivity contribution is 0.0879. The molecule has 2 saturated carbocycles. The molecule has 3 fully saturated rings. The Labute approximate surface area is 105 Å². The predicted molar refractivity (Wildman–Crippen MR) is 69.6 cm³/mol. The molecule has 0 amide bonds. The molecule has 1 unspecified atom stereocenters. The standard InChI is InChI=1S/C16H21N/c1-2-4-13(5-3-1)10-17-11-14-6-7-15(12-17)16(14)8-9-16/h1-5,14-15H,6-12H2/t14-,15+/i11D/t11?,14-,15+/m0/s1. The van der Waals surface area contributed by atoms with Crippen LogP contribution in [0.1, 0.15) is 32.6 Å². The number of rotatable bonds is 2. The van der Waals surface area contributed by atoms with Crippen LogP contribution in [-0.2, 0) is 6.54 Å². The van der Waals surface area contributed by atoms with E-state index in [-0.39, 0.29) is 6.52 Å². The van der Waals surface area contributed by atoms with Crippen molar-refractivity contribution in [3.63, 3.8) is 0 Å². The van der Waals surface area contributed by atoms with E-state index in [1.54, 1.807) is 0 Å². The lowest BCUT2D eigenvalue weighted by atomic mass is 9.81. The van der Waals surface area contributed by atoms with Gasteiger partial charge in [-0.2, -0.15) is 0 Å². The molecule has 1 nitrogen and oxygen atoms in total. The molecule has 0 radical (unpaired) electrons. The molecule has 1 aromatic carbocycles. The fourth-order valence-corrected chi connectivity index (χ4v) is 4.21. The molecule has 1 heterocycles. The maximum absolute atomic E-state index is 8.58. The first-order valence-electron chi connectivity index (χ1n) is 7.57. The normalized spacial score (nSPS) is 39.3. The minimum atomic E-state index is 0.0476. The molecular formula is C16H21N. The van der Waals surface area contributed by atoms with Crippen LogP contribution in [0.3, 0.4) is 0 Å². The summed E-state index contributed by atoms with van der Waals surface area (Å²) in [5.74, 6) is 1.56. The Morgan fingerprint density at radius 2 is 1.94 bits per heavy atom. The highest BCUT2D eigenvalue weighted by atomic mass is 15.2. The van der Waals surface area contributed by atoms with Crippen molar-refractivity contribution in [1.82, 2.24) is 4.90 Å². The van der Waals surface area contributed by atoms with Crippen molar-refractivity contribution < 1.29 is 1.37 Å². The van der Waals surface area contributed by atoms with Crippen LogP contribution in [0.25, 0.3) is 0 Å². The summed E-state index contributed by atoms with van der Waals surface area (Å²) in [6.07, 6.45) is 5.52. The first kappa shape index (κ1) is 9.16. The molecule has 90 valence electrons. The number of hydrogen-bond acceptors (Lipinski definition) is 1. The molecule has 4 rings (SSSR count). The van der Waals surface area contributed by atoms with Gasteiger partial charge in [-0.25, -0.2) is 0 Å². The van der Waals surface area contributed by atoms with Gasteiger partial charge < -0.3 is 0 Å². The Hall–Kier alpha value is -0.820. The maximum Gasteiger partial charge on any atom is 0.0434 e. The molecular weight excluding hydrogens is 206 g/mol. The summed E-state index contributed by atoms with van der Waals surface area (Å²) in [7, 11) is 0. The summed E-state index contributed by atoms with van der Waals surface area (Å²) in [6, 6.07) is 10.7. The van der Waals surface area contributed by atoms with Gasteiger partial charge in [-0.3, -0.25) is 4.90 Å². The van der Waals surface area contributed by atoms with E-state index in [1.807, 2.05) is 0 Å². The van der Waals surface area contributed by atoms with Gasteiger partial charge in [-0.05, 0) is 48.5 Å². The quantitative estimate of drug-likeness (QED) is 0.750. The molecule has 1 aromatic rings. The third-order valence-corrected chi connectivity index (χ3v) is 5.28. The Balaban J connectivity index is 1.54. The van der Waals surface area contributed by atoms with Gasteiger partial charge in [0.15, 0.2) is 0 Å². The zero-order valence-corrected chi connectivity index (χ0v) is 10.3. The van der Waals surface area contributed by atoms with Crippen LogP contribution in [0, 0.1) is 17.3 Å². The van der Waals surface area contributed by atoms with Crippen LogP contribution in [0.15, 0.2) is 30.3 Å². The molecule has 1 aliphatic heterocycles. The van der Waals surface area contributed by atoms with Crippen LogP contribution in [0.5, 0.6) is 0 Å². The van der Waals surface area contributed by atoms with Crippen molar-refractivity contribution in [2.45, 2.75) is 32.2 Å². The Kier molecular flexibility index (Phi) is 1.93. The monoisotopic (exact) mass is 228 g/mol. The second-order valence-electron chi connectivity index (χ2n) is 6.18. The van der Waals surface area contributed by atoms with E-state index in [0.29, 0.717) is 11.3 Å². The maximum atomic E-state index is 8.58. The van der Waals surface area contributed by atoms with Crippen LogP contribution < -0.4 is 0 Å². The molecule has 1 saturated heterocycles. The number of benzene rings is 1. The topological polar surface area (TPSA) is 3.24 Å². The summed E-state index contributed by atoms with van der Waals surface area (Å²) in [5, 5.41) is 0. The summed E-state index contributed by atoms with van der Waals surface area (Å²) in [6.45, 7) is 2.18. The van der Waals surface area contributed by atoms with E-state index >= 15 is 0 Å². The zero-order chi connectivity index (χ0) is 12.2. The highest BCUT2D eigenvalue weighted by molar-refractivity contribution is 5.16. The summed E-state index contributed by atoms with van der Waals surface area (Å²) in [5.41, 5.74) is 1.99. The predicted octanol–water partition coefficient (Wildman–Crippen LogP) is 3.31. The third-order valence-electron chi connectivity index (χ3n) is 5.28. The van der Waals surface area contributed by atoms with Crippen molar-refractivity contribution in [2.24, 2.45) is 17.3 Å². The van der Waals surface area contributed by atoms with E-state index in [9.17, 15) is 0 Å². The van der Waals surface area contributed by atoms with Crippen molar-refractivity contribution in [2.75, 3.05) is 13.1 Å². The minimum absolute atomic E-state index is 0.0476. The molecule has 0 aromatic heterocycles. The fourth-order valence-electron chi connectivity index (χ4n) is 4.21. The number of likely N-dealkylation sites (tertiary alicyclic amines) is 1. The smallest absolute Gasteiger partial charge is 0.0434 e. The zero-order valence-electron chi connectivity index (χ0n) is 11.3. The van der Waals surface area contributed by atoms with Crippen LogP contribution in [0.2, 0.25) is 0 Å². The van der Waals surface area contributed by atoms with Gasteiger partial charge in [-0.1, -0.05) is 30.3 Å². The van der Waals surface area contributed by atoms with Crippen molar-refractivity contribution in [3.05, 3.63) is 35.9 Å². The largest absolute Gasteiger partial charge is 0.298 e. The minimum Gasteiger partial charge on any atom is -0.298 e. The first-order valence-corrected chi connectivity index (χ1v) is 7.00. The third kappa shape index (κ3) is 1.55. The first-order chi connectivity index (χ1) is 8.79. The highest BCUT2D eigenvalue weighted by Gasteiger charge is 2.60. The van der Waals surface area contributed by atoms with Gasteiger partial charge in [-0.15, -0.1) is 0 Å². The Morgan fingerprint density at radius 1 is 1.18 bits per heavy atom. The Bertz CT molecular complexity index is 440. The van der Waals surface area contributed by atoms with E-state index < -0.39 is 0 Å².